The number of ether oxygens (including phenoxy) is 1. The summed E-state index contributed by atoms with van der Waals surface area (Å²) in [6.45, 7) is 9.61. The molecule has 0 aliphatic carbocycles. The van der Waals surface area contributed by atoms with Crippen LogP contribution in [0.25, 0.3) is 0 Å². The van der Waals surface area contributed by atoms with E-state index in [0.717, 1.165) is 32.0 Å². The van der Waals surface area contributed by atoms with Crippen molar-refractivity contribution < 1.29 is 4.74 Å². The van der Waals surface area contributed by atoms with Crippen LogP contribution < -0.4 is 5.32 Å². The van der Waals surface area contributed by atoms with Crippen molar-refractivity contribution in [3.05, 3.63) is 11.6 Å². The molecule has 0 aliphatic rings. The van der Waals surface area contributed by atoms with Crippen LogP contribution in [-0.2, 0) is 4.74 Å². The first-order chi connectivity index (χ1) is 7.22. The van der Waals surface area contributed by atoms with E-state index in [-0.39, 0.29) is 0 Å². The summed E-state index contributed by atoms with van der Waals surface area (Å²) in [6, 6.07) is 0. The summed E-state index contributed by atoms with van der Waals surface area (Å²) < 4.78 is 4.96. The van der Waals surface area contributed by atoms with E-state index in [1.54, 1.807) is 7.11 Å². The minimum atomic E-state index is 0.744. The van der Waals surface area contributed by atoms with E-state index in [1.807, 2.05) is 0 Å². The molecule has 1 atom stereocenters. The number of hydrogen-bond acceptors (Lipinski definition) is 2. The van der Waals surface area contributed by atoms with Crippen LogP contribution in [0, 0.1) is 5.92 Å². The van der Waals surface area contributed by atoms with Gasteiger partial charge in [0.15, 0.2) is 0 Å². The molecule has 0 saturated heterocycles. The van der Waals surface area contributed by atoms with E-state index in [1.165, 1.54) is 18.4 Å². The molecule has 0 rings (SSSR count). The van der Waals surface area contributed by atoms with E-state index in [4.69, 9.17) is 4.74 Å². The summed E-state index contributed by atoms with van der Waals surface area (Å²) in [5.74, 6) is 0.744. The molecule has 0 amide bonds. The quantitative estimate of drug-likeness (QED) is 0.469. The molecule has 90 valence electrons. The SMILES string of the molecule is CCCC(C)C(C)=CCCNCCOC. The number of rotatable bonds is 9. The first kappa shape index (κ1) is 14.7. The second kappa shape index (κ2) is 10.2. The molecule has 0 aliphatic heterocycles. The predicted molar refractivity (Wildman–Crippen MR) is 67.2 cm³/mol. The molecular formula is C13H27NO. The molecule has 0 bridgehead atoms. The first-order valence-electron chi connectivity index (χ1n) is 6.08. The van der Waals surface area contributed by atoms with Crippen LogP contribution in [0.2, 0.25) is 0 Å². The van der Waals surface area contributed by atoms with Gasteiger partial charge >= 0.3 is 0 Å². The highest BCUT2D eigenvalue weighted by atomic mass is 16.5. The van der Waals surface area contributed by atoms with Crippen molar-refractivity contribution in [3.8, 4) is 0 Å². The number of allylic oxidation sites excluding steroid dienone is 1. The Morgan fingerprint density at radius 1 is 1.40 bits per heavy atom. The molecule has 0 spiro atoms. The van der Waals surface area contributed by atoms with Gasteiger partial charge in [0.2, 0.25) is 0 Å². The van der Waals surface area contributed by atoms with Crippen molar-refractivity contribution in [2.24, 2.45) is 5.92 Å². The Labute approximate surface area is 95.1 Å². The van der Waals surface area contributed by atoms with Gasteiger partial charge < -0.3 is 10.1 Å². The van der Waals surface area contributed by atoms with Gasteiger partial charge in [-0.05, 0) is 32.2 Å². The number of methoxy groups -OCH3 is 1. The number of nitrogens with one attached hydrogen (secondary N) is 1. The largest absolute Gasteiger partial charge is 0.383 e. The van der Waals surface area contributed by atoms with Gasteiger partial charge in [-0.15, -0.1) is 0 Å². The van der Waals surface area contributed by atoms with Crippen molar-refractivity contribution in [3.63, 3.8) is 0 Å². The molecule has 2 nitrogen and oxygen atoms in total. The summed E-state index contributed by atoms with van der Waals surface area (Å²) in [5.41, 5.74) is 1.53. The molecule has 0 radical (unpaired) electrons. The Balaban J connectivity index is 3.49. The maximum atomic E-state index is 4.96. The Bertz CT molecular complexity index is 166. The molecule has 1 N–H and O–H groups in total. The minimum absolute atomic E-state index is 0.744. The lowest BCUT2D eigenvalue weighted by Crippen LogP contribution is -2.19. The first-order valence-corrected chi connectivity index (χ1v) is 6.08. The van der Waals surface area contributed by atoms with Gasteiger partial charge in [0.25, 0.3) is 0 Å². The van der Waals surface area contributed by atoms with Gasteiger partial charge in [-0.1, -0.05) is 31.9 Å². The molecule has 0 aromatic rings. The monoisotopic (exact) mass is 213 g/mol. The highest BCUT2D eigenvalue weighted by Gasteiger charge is 2.01. The fraction of sp³-hybridized carbons (Fsp3) is 0.846. The van der Waals surface area contributed by atoms with E-state index in [0.29, 0.717) is 0 Å². The zero-order valence-electron chi connectivity index (χ0n) is 10.8. The topological polar surface area (TPSA) is 21.3 Å². The van der Waals surface area contributed by atoms with E-state index in [9.17, 15) is 0 Å². The Kier molecular flexibility index (Phi) is 9.96. The molecule has 0 heterocycles. The number of hydrogen-bond donors (Lipinski definition) is 1. The lowest BCUT2D eigenvalue weighted by Gasteiger charge is -2.10. The van der Waals surface area contributed by atoms with Crippen molar-refractivity contribution in [1.82, 2.24) is 5.32 Å². The third-order valence-corrected chi connectivity index (χ3v) is 2.77. The summed E-state index contributed by atoms with van der Waals surface area (Å²) >= 11 is 0. The summed E-state index contributed by atoms with van der Waals surface area (Å²) in [6.07, 6.45) is 6.07. The molecule has 15 heavy (non-hydrogen) atoms. The lowest BCUT2D eigenvalue weighted by molar-refractivity contribution is 0.199. The normalized spacial score (nSPS) is 14.3. The van der Waals surface area contributed by atoms with Gasteiger partial charge in [-0.3, -0.25) is 0 Å². The van der Waals surface area contributed by atoms with Crippen LogP contribution in [0.4, 0.5) is 0 Å². The standard InChI is InChI=1S/C13H27NO/c1-5-7-12(2)13(3)8-6-9-14-10-11-15-4/h8,12,14H,5-7,9-11H2,1-4H3. The van der Waals surface area contributed by atoms with Crippen LogP contribution in [0.3, 0.4) is 0 Å². The zero-order chi connectivity index (χ0) is 11.5. The van der Waals surface area contributed by atoms with Gasteiger partial charge in [0, 0.05) is 13.7 Å². The molecule has 0 aromatic carbocycles. The highest BCUT2D eigenvalue weighted by molar-refractivity contribution is 5.02. The maximum absolute atomic E-state index is 4.96. The van der Waals surface area contributed by atoms with Crippen LogP contribution in [0.5, 0.6) is 0 Å². The summed E-state index contributed by atoms with van der Waals surface area (Å²) in [4.78, 5) is 0. The van der Waals surface area contributed by atoms with E-state index in [2.05, 4.69) is 32.2 Å². The predicted octanol–water partition coefficient (Wildman–Crippen LogP) is 3.00. The van der Waals surface area contributed by atoms with Gasteiger partial charge in [-0.25, -0.2) is 0 Å². The summed E-state index contributed by atoms with van der Waals surface area (Å²) in [7, 11) is 1.73. The van der Waals surface area contributed by atoms with Crippen LogP contribution in [-0.4, -0.2) is 26.8 Å². The van der Waals surface area contributed by atoms with Crippen molar-refractivity contribution in [2.75, 3.05) is 26.8 Å². The van der Waals surface area contributed by atoms with Gasteiger partial charge in [0.1, 0.15) is 0 Å². The molecule has 0 aromatic heterocycles. The third-order valence-electron chi connectivity index (χ3n) is 2.77. The second-order valence-corrected chi connectivity index (χ2v) is 4.17. The molecule has 0 fully saturated rings. The second-order valence-electron chi connectivity index (χ2n) is 4.17. The van der Waals surface area contributed by atoms with Gasteiger partial charge in [-0.2, -0.15) is 0 Å². The maximum Gasteiger partial charge on any atom is 0.0587 e. The smallest absolute Gasteiger partial charge is 0.0587 e. The molecular weight excluding hydrogens is 186 g/mol. The van der Waals surface area contributed by atoms with Crippen molar-refractivity contribution >= 4 is 0 Å². The lowest BCUT2D eigenvalue weighted by atomic mass is 9.97. The average Bonchev–Trinajstić information content (AvgIpc) is 2.23. The fourth-order valence-electron chi connectivity index (χ4n) is 1.56. The van der Waals surface area contributed by atoms with Crippen molar-refractivity contribution in [1.29, 1.82) is 0 Å². The third kappa shape index (κ3) is 8.64. The fourth-order valence-corrected chi connectivity index (χ4v) is 1.56. The summed E-state index contributed by atoms with van der Waals surface area (Å²) in [5, 5.41) is 3.34. The Morgan fingerprint density at radius 3 is 2.73 bits per heavy atom. The zero-order valence-corrected chi connectivity index (χ0v) is 10.8. The van der Waals surface area contributed by atoms with E-state index < -0.39 is 0 Å². The van der Waals surface area contributed by atoms with Crippen molar-refractivity contribution in [2.45, 2.75) is 40.0 Å². The average molecular weight is 213 g/mol. The van der Waals surface area contributed by atoms with Crippen LogP contribution in [0.15, 0.2) is 11.6 Å². The van der Waals surface area contributed by atoms with E-state index >= 15 is 0 Å². The van der Waals surface area contributed by atoms with Crippen LogP contribution in [0.1, 0.15) is 40.0 Å². The van der Waals surface area contributed by atoms with Crippen LogP contribution >= 0.6 is 0 Å². The van der Waals surface area contributed by atoms with Gasteiger partial charge in [0.05, 0.1) is 6.61 Å². The Hall–Kier alpha value is -0.340. The Morgan fingerprint density at radius 2 is 2.13 bits per heavy atom. The molecule has 0 saturated carbocycles. The highest BCUT2D eigenvalue weighted by Crippen LogP contribution is 2.15. The minimum Gasteiger partial charge on any atom is -0.383 e. The molecule has 2 heteroatoms. The molecule has 1 unspecified atom stereocenters.